The van der Waals surface area contributed by atoms with Crippen molar-refractivity contribution in [1.29, 1.82) is 0 Å². The maximum atomic E-state index is 6.14. The predicted molar refractivity (Wildman–Crippen MR) is 85.7 cm³/mol. The fourth-order valence-corrected chi connectivity index (χ4v) is 3.10. The molecule has 2 N–H and O–H groups in total. The molecule has 0 aliphatic carbocycles. The van der Waals surface area contributed by atoms with Crippen molar-refractivity contribution < 1.29 is 9.47 Å². The van der Waals surface area contributed by atoms with Crippen LogP contribution in [0.1, 0.15) is 17.9 Å². The molecule has 0 spiro atoms. The minimum Gasteiger partial charge on any atom is -0.493 e. The highest BCUT2D eigenvalue weighted by Gasteiger charge is 2.22. The van der Waals surface area contributed by atoms with Crippen molar-refractivity contribution in [3.8, 4) is 11.5 Å². The lowest BCUT2D eigenvalue weighted by molar-refractivity contribution is 0.217. The molecule has 21 heavy (non-hydrogen) atoms. The van der Waals surface area contributed by atoms with E-state index < -0.39 is 0 Å². The van der Waals surface area contributed by atoms with Crippen molar-refractivity contribution in [3.05, 3.63) is 52.0 Å². The molecule has 0 bridgehead atoms. The van der Waals surface area contributed by atoms with Gasteiger partial charge in [0.15, 0.2) is 5.75 Å². The maximum absolute atomic E-state index is 6.14. The molecule has 0 aromatic heterocycles. The standard InChI is InChI=1S/C16H15Cl2NO2/c17-13-7-11(19)8-14(18)16(13)21-9-10-5-6-20-15-4-2-1-3-12(10)15/h1-4,7-8,10H,5-6,9,19H2. The van der Waals surface area contributed by atoms with Gasteiger partial charge in [0, 0.05) is 17.2 Å². The number of anilines is 1. The third-order valence-corrected chi connectivity index (χ3v) is 4.09. The normalized spacial score (nSPS) is 17.0. The second kappa shape index (κ2) is 6.04. The highest BCUT2D eigenvalue weighted by Crippen LogP contribution is 2.38. The van der Waals surface area contributed by atoms with E-state index in [1.807, 2.05) is 18.2 Å². The molecule has 1 atom stereocenters. The fraction of sp³-hybridized carbons (Fsp3) is 0.250. The summed E-state index contributed by atoms with van der Waals surface area (Å²) in [6, 6.07) is 11.3. The Hall–Kier alpha value is -1.58. The van der Waals surface area contributed by atoms with Crippen LogP contribution in [0.4, 0.5) is 5.69 Å². The van der Waals surface area contributed by atoms with Gasteiger partial charge < -0.3 is 15.2 Å². The molecule has 1 aliphatic rings. The van der Waals surface area contributed by atoms with Gasteiger partial charge in [0.25, 0.3) is 0 Å². The molecule has 1 unspecified atom stereocenters. The number of nitrogen functional groups attached to an aromatic ring is 1. The molecule has 3 nitrogen and oxygen atoms in total. The summed E-state index contributed by atoms with van der Waals surface area (Å²) >= 11 is 12.3. The van der Waals surface area contributed by atoms with Gasteiger partial charge >= 0.3 is 0 Å². The van der Waals surface area contributed by atoms with Gasteiger partial charge in [-0.1, -0.05) is 41.4 Å². The number of benzene rings is 2. The maximum Gasteiger partial charge on any atom is 0.156 e. The molecule has 0 saturated carbocycles. The predicted octanol–water partition coefficient (Wildman–Crippen LogP) is 4.52. The zero-order chi connectivity index (χ0) is 14.8. The molecule has 5 heteroatoms. The van der Waals surface area contributed by atoms with E-state index in [-0.39, 0.29) is 5.92 Å². The summed E-state index contributed by atoms with van der Waals surface area (Å²) in [5, 5.41) is 0.862. The first kappa shape index (κ1) is 14.4. The quantitative estimate of drug-likeness (QED) is 0.844. The first-order chi connectivity index (χ1) is 10.1. The second-order valence-electron chi connectivity index (χ2n) is 5.00. The van der Waals surface area contributed by atoms with Crippen LogP contribution in [-0.4, -0.2) is 13.2 Å². The van der Waals surface area contributed by atoms with Crippen molar-refractivity contribution in [3.63, 3.8) is 0 Å². The fourth-order valence-electron chi connectivity index (χ4n) is 2.49. The number of nitrogens with two attached hydrogens (primary N) is 1. The van der Waals surface area contributed by atoms with Crippen LogP contribution < -0.4 is 15.2 Å². The Morgan fingerprint density at radius 2 is 1.90 bits per heavy atom. The van der Waals surface area contributed by atoms with E-state index >= 15 is 0 Å². The number of halogens is 2. The molecule has 2 aromatic rings. The Kier molecular flexibility index (Phi) is 4.13. The molecule has 0 amide bonds. The summed E-state index contributed by atoms with van der Waals surface area (Å²) in [7, 11) is 0. The van der Waals surface area contributed by atoms with Gasteiger partial charge in [-0.2, -0.15) is 0 Å². The van der Waals surface area contributed by atoms with Gasteiger partial charge in [0.05, 0.1) is 23.3 Å². The van der Waals surface area contributed by atoms with Crippen LogP contribution in [-0.2, 0) is 0 Å². The van der Waals surface area contributed by atoms with Crippen LogP contribution in [0.5, 0.6) is 11.5 Å². The van der Waals surface area contributed by atoms with Gasteiger partial charge in [0.1, 0.15) is 5.75 Å². The summed E-state index contributed by atoms with van der Waals surface area (Å²) in [4.78, 5) is 0. The zero-order valence-corrected chi connectivity index (χ0v) is 12.8. The lowest BCUT2D eigenvalue weighted by atomic mass is 9.94. The number of hydrogen-bond donors (Lipinski definition) is 1. The van der Waals surface area contributed by atoms with Crippen LogP contribution in [0.15, 0.2) is 36.4 Å². The summed E-state index contributed by atoms with van der Waals surface area (Å²) in [6.07, 6.45) is 0.904. The third kappa shape index (κ3) is 3.04. The van der Waals surface area contributed by atoms with Crippen molar-refractivity contribution in [2.45, 2.75) is 12.3 Å². The number of para-hydroxylation sites is 1. The molecule has 0 radical (unpaired) electrons. The number of ether oxygens (including phenoxy) is 2. The first-order valence-electron chi connectivity index (χ1n) is 6.74. The number of fused-ring (bicyclic) bond motifs is 1. The monoisotopic (exact) mass is 323 g/mol. The van der Waals surface area contributed by atoms with Gasteiger partial charge in [-0.05, 0) is 24.6 Å². The van der Waals surface area contributed by atoms with E-state index in [0.717, 1.165) is 17.7 Å². The van der Waals surface area contributed by atoms with Gasteiger partial charge in [-0.3, -0.25) is 0 Å². The Morgan fingerprint density at radius 1 is 1.19 bits per heavy atom. The molecular formula is C16H15Cl2NO2. The van der Waals surface area contributed by atoms with E-state index in [2.05, 4.69) is 6.07 Å². The Morgan fingerprint density at radius 3 is 2.67 bits per heavy atom. The van der Waals surface area contributed by atoms with E-state index in [4.69, 9.17) is 38.4 Å². The molecule has 0 fully saturated rings. The highest BCUT2D eigenvalue weighted by molar-refractivity contribution is 6.37. The summed E-state index contributed by atoms with van der Waals surface area (Å²) in [6.45, 7) is 1.19. The molecule has 0 saturated heterocycles. The first-order valence-corrected chi connectivity index (χ1v) is 7.50. The SMILES string of the molecule is Nc1cc(Cl)c(OCC2CCOc3ccccc32)c(Cl)c1. The molecule has 2 aromatic carbocycles. The molecule has 3 rings (SSSR count). The van der Waals surface area contributed by atoms with Crippen LogP contribution in [0.3, 0.4) is 0 Å². The average molecular weight is 324 g/mol. The number of rotatable bonds is 3. The van der Waals surface area contributed by atoms with Crippen LogP contribution in [0.25, 0.3) is 0 Å². The number of hydrogen-bond acceptors (Lipinski definition) is 3. The average Bonchev–Trinajstić information content (AvgIpc) is 2.46. The van der Waals surface area contributed by atoms with Crippen molar-refractivity contribution in [1.82, 2.24) is 0 Å². The van der Waals surface area contributed by atoms with E-state index in [1.54, 1.807) is 12.1 Å². The largest absolute Gasteiger partial charge is 0.493 e. The Balaban J connectivity index is 1.78. The minimum atomic E-state index is 0.264. The zero-order valence-electron chi connectivity index (χ0n) is 11.3. The second-order valence-corrected chi connectivity index (χ2v) is 5.81. The van der Waals surface area contributed by atoms with Gasteiger partial charge in [0.2, 0.25) is 0 Å². The van der Waals surface area contributed by atoms with Crippen molar-refractivity contribution in [2.24, 2.45) is 0 Å². The van der Waals surface area contributed by atoms with Crippen LogP contribution in [0.2, 0.25) is 10.0 Å². The third-order valence-electron chi connectivity index (χ3n) is 3.53. The highest BCUT2D eigenvalue weighted by atomic mass is 35.5. The Labute approximate surface area is 133 Å². The summed E-state index contributed by atoms with van der Waals surface area (Å²) < 4.78 is 11.5. The lowest BCUT2D eigenvalue weighted by Crippen LogP contribution is -2.19. The Bertz CT molecular complexity index is 637. The van der Waals surface area contributed by atoms with E-state index in [0.29, 0.717) is 34.7 Å². The van der Waals surface area contributed by atoms with Crippen molar-refractivity contribution in [2.75, 3.05) is 18.9 Å². The smallest absolute Gasteiger partial charge is 0.156 e. The van der Waals surface area contributed by atoms with Gasteiger partial charge in [-0.25, -0.2) is 0 Å². The molecule has 1 aliphatic heterocycles. The lowest BCUT2D eigenvalue weighted by Gasteiger charge is -2.26. The van der Waals surface area contributed by atoms with E-state index in [1.165, 1.54) is 0 Å². The van der Waals surface area contributed by atoms with Crippen molar-refractivity contribution >= 4 is 28.9 Å². The van der Waals surface area contributed by atoms with E-state index in [9.17, 15) is 0 Å². The molecule has 1 heterocycles. The van der Waals surface area contributed by atoms with Gasteiger partial charge in [-0.15, -0.1) is 0 Å². The van der Waals surface area contributed by atoms with Crippen LogP contribution in [0, 0.1) is 0 Å². The minimum absolute atomic E-state index is 0.264. The summed E-state index contributed by atoms with van der Waals surface area (Å²) in [5.41, 5.74) is 7.37. The molecular weight excluding hydrogens is 309 g/mol. The summed E-state index contributed by atoms with van der Waals surface area (Å²) in [5.74, 6) is 1.67. The molecule has 110 valence electrons. The topological polar surface area (TPSA) is 44.5 Å². The van der Waals surface area contributed by atoms with Crippen LogP contribution >= 0.6 is 23.2 Å².